The minimum Gasteiger partial charge on any atom is -0.459 e. The Morgan fingerprint density at radius 1 is 1.35 bits per heavy atom. The van der Waals surface area contributed by atoms with E-state index in [1.165, 1.54) is 32.0 Å². The zero-order valence-electron chi connectivity index (χ0n) is 13.1. The van der Waals surface area contributed by atoms with Crippen LogP contribution in [0.25, 0.3) is 6.08 Å². The second-order valence-corrected chi connectivity index (χ2v) is 5.32. The van der Waals surface area contributed by atoms with Crippen molar-refractivity contribution < 1.29 is 68.4 Å². The van der Waals surface area contributed by atoms with E-state index >= 15 is 0 Å². The van der Waals surface area contributed by atoms with Crippen LogP contribution < -0.4 is 0 Å². The van der Waals surface area contributed by atoms with Gasteiger partial charge >= 0.3 is 5.97 Å². The maximum Gasteiger partial charge on any atom is 0.341 e. The summed E-state index contributed by atoms with van der Waals surface area (Å²) >= 11 is 0. The molecule has 1 aromatic rings. The number of nitro groups is 1. The van der Waals surface area contributed by atoms with Crippen LogP contribution in [0.15, 0.2) is 29.8 Å². The number of aliphatic hydroxyl groups is 1. The number of carbonyl (C=O) groups is 2. The molecule has 0 atom stereocenters. The summed E-state index contributed by atoms with van der Waals surface area (Å²) in [6, 6.07) is 5.73. The number of carbonyl (C=O) groups excluding carboxylic acids is 2. The number of Topliss-reactive ketones (excluding diaryl/α,β-unsaturated/α-hetero) is 1. The number of hydrogen-bond donors (Lipinski definition) is 1. The summed E-state index contributed by atoms with van der Waals surface area (Å²) in [5.41, 5.74) is -1.66. The molecular weight excluding hydrogens is 517 g/mol. The molecule has 0 aliphatic heterocycles. The standard InChI is InChI=1S/C15H17NO6.Ac/c1-10(17)12(14(18)22-9-15(2,3)19)8-11-6-4-5-7-13(11)16(20)21;/h4-8,19H,9H2,1-3H3;/b12-8-;. The first kappa shape index (κ1) is 21.9. The normalized spacial score (nSPS) is 11.4. The van der Waals surface area contributed by atoms with Crippen LogP contribution in [0.4, 0.5) is 5.69 Å². The monoisotopic (exact) mass is 534 g/mol. The minimum absolute atomic E-state index is 0. The number of esters is 1. The van der Waals surface area contributed by atoms with E-state index < -0.39 is 22.3 Å². The molecule has 121 valence electrons. The van der Waals surface area contributed by atoms with E-state index in [-0.39, 0.29) is 67.5 Å². The number of ketones is 1. The van der Waals surface area contributed by atoms with Crippen molar-refractivity contribution in [3.63, 3.8) is 0 Å². The zero-order chi connectivity index (χ0) is 16.9. The van der Waals surface area contributed by atoms with Gasteiger partial charge in [0.1, 0.15) is 12.2 Å². The van der Waals surface area contributed by atoms with Gasteiger partial charge in [0.15, 0.2) is 5.78 Å². The van der Waals surface area contributed by atoms with Crippen LogP contribution in [-0.2, 0) is 14.3 Å². The number of nitrogens with zero attached hydrogens (tertiary/aromatic N) is 1. The Labute approximate surface area is 169 Å². The molecule has 0 saturated heterocycles. The molecular formula is C15H17AcNO6. The fourth-order valence-corrected chi connectivity index (χ4v) is 1.56. The van der Waals surface area contributed by atoms with Crippen molar-refractivity contribution in [3.05, 3.63) is 45.5 Å². The third-order valence-electron chi connectivity index (χ3n) is 2.59. The fourth-order valence-electron chi connectivity index (χ4n) is 1.56. The van der Waals surface area contributed by atoms with Crippen LogP contribution in [0.2, 0.25) is 0 Å². The Bertz CT molecular complexity index is 633. The van der Waals surface area contributed by atoms with Gasteiger partial charge in [-0.15, -0.1) is 0 Å². The SMILES string of the molecule is CC(=O)/C(=C/c1ccccc1[N+](=O)[O-])C(=O)OCC(C)(C)O.[Ac]. The molecule has 0 amide bonds. The van der Waals surface area contributed by atoms with Crippen molar-refractivity contribution in [2.75, 3.05) is 6.61 Å². The molecule has 0 saturated carbocycles. The molecule has 0 bridgehead atoms. The summed E-state index contributed by atoms with van der Waals surface area (Å²) in [7, 11) is 0. The molecule has 0 unspecified atom stereocenters. The molecule has 0 aromatic heterocycles. The molecule has 0 heterocycles. The van der Waals surface area contributed by atoms with Gasteiger partial charge < -0.3 is 9.84 Å². The average Bonchev–Trinajstić information content (AvgIpc) is 2.41. The van der Waals surface area contributed by atoms with Crippen LogP contribution in [0.3, 0.4) is 0 Å². The van der Waals surface area contributed by atoms with Gasteiger partial charge in [-0.3, -0.25) is 14.9 Å². The minimum atomic E-state index is -1.24. The van der Waals surface area contributed by atoms with E-state index in [9.17, 15) is 24.8 Å². The Morgan fingerprint density at radius 2 is 1.91 bits per heavy atom. The Balaban J connectivity index is 0.00000484. The van der Waals surface area contributed by atoms with Gasteiger partial charge in [-0.05, 0) is 32.9 Å². The molecule has 0 spiro atoms. The van der Waals surface area contributed by atoms with Crippen LogP contribution in [0.1, 0.15) is 26.3 Å². The van der Waals surface area contributed by atoms with E-state index in [0.29, 0.717) is 0 Å². The van der Waals surface area contributed by atoms with Crippen molar-refractivity contribution in [3.8, 4) is 0 Å². The van der Waals surface area contributed by atoms with Crippen molar-refractivity contribution >= 4 is 23.5 Å². The van der Waals surface area contributed by atoms with Crippen molar-refractivity contribution in [2.24, 2.45) is 0 Å². The zero-order valence-corrected chi connectivity index (χ0v) is 17.9. The summed E-state index contributed by atoms with van der Waals surface area (Å²) in [5.74, 6) is -1.52. The van der Waals surface area contributed by atoms with Crippen LogP contribution >= 0.6 is 0 Å². The van der Waals surface area contributed by atoms with Crippen LogP contribution in [0.5, 0.6) is 0 Å². The summed E-state index contributed by atoms with van der Waals surface area (Å²) in [5, 5.41) is 20.5. The topological polar surface area (TPSA) is 107 Å². The van der Waals surface area contributed by atoms with Crippen molar-refractivity contribution in [1.29, 1.82) is 0 Å². The third kappa shape index (κ3) is 7.34. The molecule has 0 fully saturated rings. The summed E-state index contributed by atoms with van der Waals surface area (Å²) in [6.45, 7) is 3.75. The second-order valence-electron chi connectivity index (χ2n) is 5.32. The Kier molecular flexibility index (Phi) is 8.82. The van der Waals surface area contributed by atoms with Gasteiger partial charge in [-0.1, -0.05) is 12.1 Å². The number of nitro benzene ring substituents is 1. The second kappa shape index (κ2) is 9.26. The number of hydrogen-bond acceptors (Lipinski definition) is 6. The van der Waals surface area contributed by atoms with E-state index in [1.807, 2.05) is 0 Å². The number of benzene rings is 1. The fraction of sp³-hybridized carbons (Fsp3) is 0.333. The van der Waals surface area contributed by atoms with Gasteiger partial charge in [0.2, 0.25) is 0 Å². The summed E-state index contributed by atoms with van der Waals surface area (Å²) in [4.78, 5) is 33.9. The van der Waals surface area contributed by atoms with E-state index in [4.69, 9.17) is 4.74 Å². The van der Waals surface area contributed by atoms with Crippen molar-refractivity contribution in [2.45, 2.75) is 26.4 Å². The molecule has 23 heavy (non-hydrogen) atoms. The van der Waals surface area contributed by atoms with Gasteiger partial charge in [0.05, 0.1) is 16.1 Å². The maximum atomic E-state index is 11.9. The average molecular weight is 534 g/mol. The van der Waals surface area contributed by atoms with Crippen molar-refractivity contribution in [1.82, 2.24) is 0 Å². The molecule has 1 rings (SSSR count). The van der Waals surface area contributed by atoms with Crippen LogP contribution in [-0.4, -0.2) is 34.0 Å². The van der Waals surface area contributed by atoms with Gasteiger partial charge in [0, 0.05) is 50.1 Å². The summed E-state index contributed by atoms with van der Waals surface area (Å²) in [6.07, 6.45) is 1.12. The largest absolute Gasteiger partial charge is 0.459 e. The third-order valence-corrected chi connectivity index (χ3v) is 2.59. The van der Waals surface area contributed by atoms with E-state index in [0.717, 1.165) is 13.0 Å². The smallest absolute Gasteiger partial charge is 0.341 e. The molecule has 1 aromatic carbocycles. The number of rotatable bonds is 6. The Hall–Kier alpha value is -1.10. The van der Waals surface area contributed by atoms with E-state index in [1.54, 1.807) is 6.07 Å². The molecule has 0 aliphatic carbocycles. The van der Waals surface area contributed by atoms with Crippen LogP contribution in [0, 0.1) is 54.2 Å². The molecule has 0 aliphatic rings. The maximum absolute atomic E-state index is 11.9. The quantitative estimate of drug-likeness (QED) is 0.149. The predicted octanol–water partition coefficient (Wildman–Crippen LogP) is 1.88. The molecule has 8 heteroatoms. The van der Waals surface area contributed by atoms with Gasteiger partial charge in [-0.25, -0.2) is 4.79 Å². The first-order valence-corrected chi connectivity index (χ1v) is 6.47. The number of para-hydroxylation sites is 1. The first-order valence-electron chi connectivity index (χ1n) is 6.47. The molecule has 1 N–H and O–H groups in total. The Morgan fingerprint density at radius 3 is 2.39 bits per heavy atom. The molecule has 7 nitrogen and oxygen atoms in total. The number of ether oxygens (including phenoxy) is 1. The first-order chi connectivity index (χ1) is 10.1. The summed E-state index contributed by atoms with van der Waals surface area (Å²) < 4.78 is 4.85. The van der Waals surface area contributed by atoms with Gasteiger partial charge in [-0.2, -0.15) is 0 Å². The molecule has 1 radical (unpaired) electrons. The predicted molar refractivity (Wildman–Crippen MR) is 79.0 cm³/mol. The van der Waals surface area contributed by atoms with Gasteiger partial charge in [0.25, 0.3) is 5.69 Å². The van der Waals surface area contributed by atoms with E-state index in [2.05, 4.69) is 0 Å².